The summed E-state index contributed by atoms with van der Waals surface area (Å²) >= 11 is 1.51. The second-order valence-electron chi connectivity index (χ2n) is 5.86. The van der Waals surface area contributed by atoms with Crippen LogP contribution >= 0.6 is 11.8 Å². The van der Waals surface area contributed by atoms with Crippen molar-refractivity contribution < 1.29 is 18.7 Å². The number of carbonyl (C=O) groups is 1. The smallest absolute Gasteiger partial charge is 0.256 e. The summed E-state index contributed by atoms with van der Waals surface area (Å²) in [5.41, 5.74) is 1.90. The number of carbonyl (C=O) groups excluding carboxylic acids is 1. The highest BCUT2D eigenvalue weighted by Gasteiger charge is 2.26. The van der Waals surface area contributed by atoms with E-state index in [0.29, 0.717) is 28.5 Å². The minimum absolute atomic E-state index is 0.0209. The van der Waals surface area contributed by atoms with Gasteiger partial charge in [0.05, 0.1) is 30.7 Å². The van der Waals surface area contributed by atoms with Gasteiger partial charge in [0.1, 0.15) is 17.0 Å². The van der Waals surface area contributed by atoms with Crippen LogP contribution < -0.4 is 14.8 Å². The summed E-state index contributed by atoms with van der Waals surface area (Å²) in [6.07, 6.45) is 6.04. The molecule has 4 rings (SSSR count). The van der Waals surface area contributed by atoms with Crippen molar-refractivity contribution in [2.75, 3.05) is 14.2 Å². The first-order valence-corrected chi connectivity index (χ1v) is 9.16. The van der Waals surface area contributed by atoms with Gasteiger partial charge in [-0.15, -0.1) is 0 Å². The molecular formula is C19H17N3O4S. The number of oxazole rings is 1. The number of hydrogen-bond donors (Lipinski definition) is 1. The zero-order valence-electron chi connectivity index (χ0n) is 14.8. The lowest BCUT2D eigenvalue weighted by atomic mass is 10.2. The number of allylic oxidation sites excluding steroid dienone is 1. The van der Waals surface area contributed by atoms with Crippen LogP contribution in [0, 0.1) is 0 Å². The molecule has 1 aromatic carbocycles. The molecule has 7 nitrogen and oxygen atoms in total. The van der Waals surface area contributed by atoms with Crippen LogP contribution in [0.1, 0.15) is 27.9 Å². The van der Waals surface area contributed by atoms with Gasteiger partial charge in [0.15, 0.2) is 5.58 Å². The number of hydrogen-bond acceptors (Lipinski definition) is 7. The molecule has 1 atom stereocenters. The molecule has 0 saturated heterocycles. The van der Waals surface area contributed by atoms with Gasteiger partial charge in [-0.05, 0) is 18.6 Å². The molecule has 1 aliphatic rings. The van der Waals surface area contributed by atoms with Crippen LogP contribution in [0.3, 0.4) is 0 Å². The van der Waals surface area contributed by atoms with Gasteiger partial charge in [-0.1, -0.05) is 17.8 Å². The van der Waals surface area contributed by atoms with E-state index in [4.69, 9.17) is 13.9 Å². The average molecular weight is 383 g/mol. The predicted octanol–water partition coefficient (Wildman–Crippen LogP) is 3.69. The fraction of sp³-hybridized carbons (Fsp3) is 0.211. The molecule has 138 valence electrons. The van der Waals surface area contributed by atoms with E-state index in [1.807, 2.05) is 6.08 Å². The van der Waals surface area contributed by atoms with Crippen LogP contribution in [-0.4, -0.2) is 30.1 Å². The van der Waals surface area contributed by atoms with Crippen LogP contribution in [0.4, 0.5) is 0 Å². The van der Waals surface area contributed by atoms with Gasteiger partial charge in [-0.25, -0.2) is 4.98 Å². The SMILES string of the molecule is COc1cc(OC)cc(C(=O)NC2=CCC(c3nc4cnccc4o3)S2)c1. The van der Waals surface area contributed by atoms with E-state index in [2.05, 4.69) is 15.3 Å². The largest absolute Gasteiger partial charge is 0.497 e. The Labute approximate surface area is 159 Å². The lowest BCUT2D eigenvalue weighted by molar-refractivity contribution is 0.0968. The van der Waals surface area contributed by atoms with Gasteiger partial charge in [0.25, 0.3) is 5.91 Å². The first-order chi connectivity index (χ1) is 13.2. The van der Waals surface area contributed by atoms with Crippen molar-refractivity contribution in [3.8, 4) is 11.5 Å². The molecule has 1 unspecified atom stereocenters. The Bertz CT molecular complexity index is 975. The van der Waals surface area contributed by atoms with Crippen molar-refractivity contribution in [1.29, 1.82) is 0 Å². The minimum atomic E-state index is -0.228. The van der Waals surface area contributed by atoms with Gasteiger partial charge < -0.3 is 19.2 Å². The number of thioether (sulfide) groups is 1. The van der Waals surface area contributed by atoms with Crippen molar-refractivity contribution in [2.24, 2.45) is 0 Å². The van der Waals surface area contributed by atoms with Crippen molar-refractivity contribution in [3.05, 3.63) is 59.2 Å². The summed E-state index contributed by atoms with van der Waals surface area (Å²) in [6, 6.07) is 6.85. The Morgan fingerprint density at radius 1 is 1.26 bits per heavy atom. The molecule has 0 spiro atoms. The van der Waals surface area contributed by atoms with Gasteiger partial charge in [0, 0.05) is 23.9 Å². The molecule has 27 heavy (non-hydrogen) atoms. The standard InChI is InChI=1S/C19H17N3O4S/c1-24-12-7-11(8-13(9-12)25-2)18(23)22-17-4-3-16(27-17)19-21-14-10-20-6-5-15(14)26-19/h4-10,16H,3H2,1-2H3,(H,22,23). The monoisotopic (exact) mass is 383 g/mol. The highest BCUT2D eigenvalue weighted by atomic mass is 32.2. The van der Waals surface area contributed by atoms with Crippen LogP contribution in [0.15, 0.2) is 52.2 Å². The molecule has 2 aromatic heterocycles. The predicted molar refractivity (Wildman–Crippen MR) is 102 cm³/mol. The van der Waals surface area contributed by atoms with E-state index < -0.39 is 0 Å². The number of pyridine rings is 1. The van der Waals surface area contributed by atoms with Gasteiger partial charge in [-0.3, -0.25) is 9.78 Å². The highest BCUT2D eigenvalue weighted by Crippen LogP contribution is 2.42. The fourth-order valence-electron chi connectivity index (χ4n) is 2.75. The van der Waals surface area contributed by atoms with E-state index >= 15 is 0 Å². The number of nitrogens with zero attached hydrogens (tertiary/aromatic N) is 2. The Balaban J connectivity index is 1.45. The molecule has 0 bridgehead atoms. The van der Waals surface area contributed by atoms with E-state index in [1.54, 1.807) is 50.9 Å². The first-order valence-electron chi connectivity index (χ1n) is 8.28. The van der Waals surface area contributed by atoms with Crippen LogP contribution in [0.25, 0.3) is 11.1 Å². The summed E-state index contributed by atoms with van der Waals surface area (Å²) in [4.78, 5) is 21.1. The number of rotatable bonds is 5. The number of amides is 1. The topological polar surface area (TPSA) is 86.5 Å². The zero-order valence-corrected chi connectivity index (χ0v) is 15.6. The third-order valence-electron chi connectivity index (χ3n) is 4.12. The zero-order chi connectivity index (χ0) is 18.8. The molecule has 0 radical (unpaired) electrons. The van der Waals surface area contributed by atoms with Crippen molar-refractivity contribution >= 4 is 28.8 Å². The van der Waals surface area contributed by atoms with Gasteiger partial charge in [0.2, 0.25) is 5.89 Å². The maximum atomic E-state index is 12.6. The number of methoxy groups -OCH3 is 2. The number of ether oxygens (including phenoxy) is 2. The molecule has 3 aromatic rings. The van der Waals surface area contributed by atoms with Gasteiger partial charge in [-0.2, -0.15) is 0 Å². The number of fused-ring (bicyclic) bond motifs is 1. The lowest BCUT2D eigenvalue weighted by Crippen LogP contribution is -2.20. The fourth-order valence-corrected chi connectivity index (χ4v) is 3.80. The molecule has 0 aliphatic carbocycles. The second-order valence-corrected chi connectivity index (χ2v) is 7.11. The highest BCUT2D eigenvalue weighted by molar-refractivity contribution is 8.03. The molecule has 0 fully saturated rings. The van der Waals surface area contributed by atoms with E-state index in [0.717, 1.165) is 17.0 Å². The summed E-state index contributed by atoms with van der Waals surface area (Å²) in [5, 5.41) is 3.71. The maximum absolute atomic E-state index is 12.6. The maximum Gasteiger partial charge on any atom is 0.256 e. The molecule has 3 heterocycles. The number of nitrogens with one attached hydrogen (secondary N) is 1. The van der Waals surface area contributed by atoms with E-state index in [9.17, 15) is 4.79 Å². The van der Waals surface area contributed by atoms with Crippen LogP contribution in [0.2, 0.25) is 0 Å². The number of benzene rings is 1. The van der Waals surface area contributed by atoms with Crippen LogP contribution in [0.5, 0.6) is 11.5 Å². The first kappa shape index (κ1) is 17.4. The Morgan fingerprint density at radius 3 is 2.74 bits per heavy atom. The normalized spacial score (nSPS) is 16.2. The third kappa shape index (κ3) is 3.61. The second kappa shape index (κ2) is 7.32. The molecular weight excluding hydrogens is 366 g/mol. The minimum Gasteiger partial charge on any atom is -0.497 e. The molecule has 0 saturated carbocycles. The summed E-state index contributed by atoms with van der Waals surface area (Å²) < 4.78 is 16.2. The average Bonchev–Trinajstić information content (AvgIpc) is 3.34. The molecule has 1 amide bonds. The van der Waals surface area contributed by atoms with Crippen LogP contribution in [-0.2, 0) is 0 Å². The summed E-state index contributed by atoms with van der Waals surface area (Å²) in [7, 11) is 3.10. The summed E-state index contributed by atoms with van der Waals surface area (Å²) in [6.45, 7) is 0. The molecule has 1 N–H and O–H groups in total. The van der Waals surface area contributed by atoms with Crippen molar-refractivity contribution in [1.82, 2.24) is 15.3 Å². The quantitative estimate of drug-likeness (QED) is 0.719. The Hall–Kier alpha value is -3.00. The van der Waals surface area contributed by atoms with Crippen molar-refractivity contribution in [2.45, 2.75) is 11.7 Å². The molecule has 1 aliphatic heterocycles. The lowest BCUT2D eigenvalue weighted by Gasteiger charge is -2.10. The van der Waals surface area contributed by atoms with Crippen molar-refractivity contribution in [3.63, 3.8) is 0 Å². The molecule has 8 heteroatoms. The van der Waals surface area contributed by atoms with E-state index in [1.165, 1.54) is 11.8 Å². The number of aromatic nitrogens is 2. The summed E-state index contributed by atoms with van der Waals surface area (Å²) in [5.74, 6) is 1.52. The third-order valence-corrected chi connectivity index (χ3v) is 5.32. The van der Waals surface area contributed by atoms with E-state index in [-0.39, 0.29) is 11.2 Å². The Morgan fingerprint density at radius 2 is 2.04 bits per heavy atom. The Kier molecular flexibility index (Phi) is 4.72. The van der Waals surface area contributed by atoms with Gasteiger partial charge >= 0.3 is 0 Å².